The van der Waals surface area contributed by atoms with E-state index in [1.807, 2.05) is 37.1 Å². The summed E-state index contributed by atoms with van der Waals surface area (Å²) in [4.78, 5) is 22.0. The van der Waals surface area contributed by atoms with Crippen LogP contribution < -0.4 is 9.21 Å². The van der Waals surface area contributed by atoms with Crippen LogP contribution in [0.25, 0.3) is 0 Å². The van der Waals surface area contributed by atoms with Gasteiger partial charge in [-0.05, 0) is 49.9 Å². The van der Waals surface area contributed by atoms with Crippen LogP contribution in [0.5, 0.6) is 0 Å². The first-order valence-electron chi connectivity index (χ1n) is 10.4. The molecule has 0 radical (unpaired) electrons. The molecule has 2 saturated heterocycles. The van der Waals surface area contributed by atoms with Crippen LogP contribution in [0.1, 0.15) is 33.5 Å². The van der Waals surface area contributed by atoms with E-state index in [4.69, 9.17) is 0 Å². The van der Waals surface area contributed by atoms with Gasteiger partial charge in [-0.3, -0.25) is 9.10 Å². The van der Waals surface area contributed by atoms with Gasteiger partial charge in [-0.1, -0.05) is 18.2 Å². The van der Waals surface area contributed by atoms with Crippen LogP contribution in [0.2, 0.25) is 0 Å². The Bertz CT molecular complexity index is 1080. The number of sulfonamides is 1. The number of hydrogen-bond acceptors (Lipinski definition) is 5. The third-order valence-corrected chi connectivity index (χ3v) is 7.74. The average molecular weight is 429 g/mol. The fourth-order valence-corrected chi connectivity index (χ4v) is 5.94. The lowest BCUT2D eigenvalue weighted by atomic mass is 10.0. The molecular weight excluding hydrogens is 400 g/mol. The quantitative estimate of drug-likeness (QED) is 0.751. The molecule has 0 atom stereocenters. The van der Waals surface area contributed by atoms with Gasteiger partial charge in [-0.2, -0.15) is 0 Å². The smallest absolute Gasteiger partial charge is 0.256 e. The fraction of sp³-hybridized carbons (Fsp3) is 0.455. The molecule has 3 heterocycles. The van der Waals surface area contributed by atoms with E-state index in [1.165, 1.54) is 4.31 Å². The summed E-state index contributed by atoms with van der Waals surface area (Å²) in [5.41, 5.74) is 4.08. The van der Waals surface area contributed by atoms with Crippen molar-refractivity contribution in [3.05, 3.63) is 52.7 Å². The van der Waals surface area contributed by atoms with E-state index >= 15 is 0 Å². The highest BCUT2D eigenvalue weighted by Crippen LogP contribution is 2.31. The Morgan fingerprint density at radius 2 is 1.73 bits per heavy atom. The molecule has 2 aliphatic rings. The van der Waals surface area contributed by atoms with Gasteiger partial charge in [-0.15, -0.1) is 0 Å². The van der Waals surface area contributed by atoms with Gasteiger partial charge in [0.2, 0.25) is 10.0 Å². The zero-order valence-electron chi connectivity index (χ0n) is 17.8. The highest BCUT2D eigenvalue weighted by molar-refractivity contribution is 7.93. The molecule has 4 rings (SSSR count). The Morgan fingerprint density at radius 3 is 2.37 bits per heavy atom. The summed E-state index contributed by atoms with van der Waals surface area (Å²) in [5.74, 6) is 1.00. The summed E-state index contributed by atoms with van der Waals surface area (Å²) in [7, 11) is -3.35. The number of aryl methyl sites for hydroxylation is 3. The number of carbonyl (C=O) groups excluding carboxylic acids is 1. The molecule has 0 spiro atoms. The van der Waals surface area contributed by atoms with Crippen LogP contribution in [0.3, 0.4) is 0 Å². The van der Waals surface area contributed by atoms with Crippen LogP contribution in [0.15, 0.2) is 30.5 Å². The minimum atomic E-state index is -3.35. The van der Waals surface area contributed by atoms with Crippen molar-refractivity contribution >= 4 is 27.4 Å². The van der Waals surface area contributed by atoms with E-state index in [9.17, 15) is 13.2 Å². The van der Waals surface area contributed by atoms with E-state index in [1.54, 1.807) is 6.07 Å². The van der Waals surface area contributed by atoms with Gasteiger partial charge < -0.3 is 9.80 Å². The SMILES string of the molecule is Cc1cnc(N2CCN(C(=O)c3c(C)cccc3N3CCCS3(=O)=O)CC2)c(C)c1. The van der Waals surface area contributed by atoms with Gasteiger partial charge >= 0.3 is 0 Å². The molecule has 0 unspecified atom stereocenters. The summed E-state index contributed by atoms with van der Waals surface area (Å²) < 4.78 is 26.3. The lowest BCUT2D eigenvalue weighted by molar-refractivity contribution is 0.0746. The fourth-order valence-electron chi connectivity index (χ4n) is 4.37. The predicted octanol–water partition coefficient (Wildman–Crippen LogP) is 2.51. The molecular formula is C22H28N4O3S. The maximum atomic E-state index is 13.4. The van der Waals surface area contributed by atoms with E-state index in [0.717, 1.165) is 22.5 Å². The standard InChI is InChI=1S/C22H28N4O3S/c1-16-14-18(3)21(23-15-16)24-9-11-25(12-10-24)22(27)20-17(2)6-4-7-19(20)26-8-5-13-30(26,28)29/h4,6-7,14-15H,5,8-13H2,1-3H3. The molecule has 1 aromatic carbocycles. The number of hydrogen-bond donors (Lipinski definition) is 0. The molecule has 1 aromatic heterocycles. The molecule has 7 nitrogen and oxygen atoms in total. The molecule has 160 valence electrons. The van der Waals surface area contributed by atoms with Crippen LogP contribution in [0, 0.1) is 20.8 Å². The van der Waals surface area contributed by atoms with Crippen molar-refractivity contribution < 1.29 is 13.2 Å². The lowest BCUT2D eigenvalue weighted by Gasteiger charge is -2.37. The van der Waals surface area contributed by atoms with Crippen molar-refractivity contribution in [2.75, 3.05) is 47.7 Å². The first-order valence-corrected chi connectivity index (χ1v) is 12.0. The number of carbonyl (C=O) groups is 1. The molecule has 0 bridgehead atoms. The molecule has 2 aromatic rings. The number of aromatic nitrogens is 1. The molecule has 30 heavy (non-hydrogen) atoms. The van der Waals surface area contributed by atoms with Gasteiger partial charge in [0, 0.05) is 38.9 Å². The second-order valence-corrected chi connectivity index (χ2v) is 10.2. The molecule has 0 saturated carbocycles. The van der Waals surface area contributed by atoms with E-state index < -0.39 is 10.0 Å². The number of nitrogens with zero attached hydrogens (tertiary/aromatic N) is 4. The van der Waals surface area contributed by atoms with Crippen molar-refractivity contribution in [3.8, 4) is 0 Å². The van der Waals surface area contributed by atoms with E-state index in [-0.39, 0.29) is 11.7 Å². The number of amides is 1. The minimum Gasteiger partial charge on any atom is -0.353 e. The monoisotopic (exact) mass is 428 g/mol. The average Bonchev–Trinajstić information content (AvgIpc) is 3.06. The Morgan fingerprint density at radius 1 is 1.00 bits per heavy atom. The van der Waals surface area contributed by atoms with E-state index in [2.05, 4.69) is 22.9 Å². The maximum Gasteiger partial charge on any atom is 0.256 e. The molecule has 0 N–H and O–H groups in total. The topological polar surface area (TPSA) is 73.8 Å². The van der Waals surface area contributed by atoms with Gasteiger partial charge in [0.15, 0.2) is 0 Å². The second-order valence-electron chi connectivity index (χ2n) is 8.14. The lowest BCUT2D eigenvalue weighted by Crippen LogP contribution is -2.49. The van der Waals surface area contributed by atoms with Crippen molar-refractivity contribution in [3.63, 3.8) is 0 Å². The summed E-state index contributed by atoms with van der Waals surface area (Å²) in [6.45, 7) is 8.94. The number of anilines is 2. The first kappa shape index (κ1) is 20.7. The van der Waals surface area contributed by atoms with Crippen LogP contribution in [0.4, 0.5) is 11.5 Å². The predicted molar refractivity (Wildman–Crippen MR) is 119 cm³/mol. The summed E-state index contributed by atoms with van der Waals surface area (Å²) in [5, 5.41) is 0. The Hall–Kier alpha value is -2.61. The highest BCUT2D eigenvalue weighted by atomic mass is 32.2. The third kappa shape index (κ3) is 3.76. The van der Waals surface area contributed by atoms with Gasteiger partial charge in [-0.25, -0.2) is 13.4 Å². The van der Waals surface area contributed by atoms with Crippen molar-refractivity contribution in [2.45, 2.75) is 27.2 Å². The van der Waals surface area contributed by atoms with Crippen molar-refractivity contribution in [1.29, 1.82) is 0 Å². The Kier molecular flexibility index (Phi) is 5.44. The number of rotatable bonds is 3. The highest BCUT2D eigenvalue weighted by Gasteiger charge is 2.33. The Balaban J connectivity index is 1.55. The zero-order valence-corrected chi connectivity index (χ0v) is 18.6. The number of pyridine rings is 1. The van der Waals surface area contributed by atoms with Crippen LogP contribution in [-0.4, -0.2) is 62.7 Å². The first-order chi connectivity index (χ1) is 14.3. The molecule has 2 aliphatic heterocycles. The zero-order chi connectivity index (χ0) is 21.5. The number of benzene rings is 1. The molecule has 0 aliphatic carbocycles. The molecule has 2 fully saturated rings. The van der Waals surface area contributed by atoms with Crippen LogP contribution in [-0.2, 0) is 10.0 Å². The van der Waals surface area contributed by atoms with E-state index in [0.29, 0.717) is 50.4 Å². The maximum absolute atomic E-state index is 13.4. The normalized spacial score (nSPS) is 18.7. The minimum absolute atomic E-state index is 0.0987. The van der Waals surface area contributed by atoms with Gasteiger partial charge in [0.25, 0.3) is 5.91 Å². The molecule has 8 heteroatoms. The van der Waals surface area contributed by atoms with Gasteiger partial charge in [0.1, 0.15) is 5.82 Å². The number of piperazine rings is 1. The van der Waals surface area contributed by atoms with Crippen molar-refractivity contribution in [2.24, 2.45) is 0 Å². The molecule has 1 amide bonds. The summed E-state index contributed by atoms with van der Waals surface area (Å²) in [6, 6.07) is 7.56. The summed E-state index contributed by atoms with van der Waals surface area (Å²) in [6.07, 6.45) is 2.46. The summed E-state index contributed by atoms with van der Waals surface area (Å²) >= 11 is 0. The van der Waals surface area contributed by atoms with Crippen molar-refractivity contribution in [1.82, 2.24) is 9.88 Å². The third-order valence-electron chi connectivity index (χ3n) is 5.89. The van der Waals surface area contributed by atoms with Gasteiger partial charge in [0.05, 0.1) is 17.0 Å². The Labute approximate surface area is 178 Å². The van der Waals surface area contributed by atoms with Crippen LogP contribution >= 0.6 is 0 Å². The second kappa shape index (κ2) is 7.91. The largest absolute Gasteiger partial charge is 0.353 e.